The summed E-state index contributed by atoms with van der Waals surface area (Å²) in [4.78, 5) is 20.8. The molecule has 3 heterocycles. The van der Waals surface area contributed by atoms with Crippen LogP contribution in [0.15, 0.2) is 36.7 Å². The lowest BCUT2D eigenvalue weighted by Crippen LogP contribution is -2.31. The molecular weight excluding hydrogens is 363 g/mol. The zero-order valence-electron chi connectivity index (χ0n) is 15.3. The van der Waals surface area contributed by atoms with Crippen LogP contribution in [-0.2, 0) is 11.3 Å². The van der Waals surface area contributed by atoms with Gasteiger partial charge in [-0.15, -0.1) is 0 Å². The molecule has 0 aliphatic carbocycles. The molecule has 1 aromatic carbocycles. The highest BCUT2D eigenvalue weighted by Crippen LogP contribution is 2.26. The lowest BCUT2D eigenvalue weighted by Gasteiger charge is -2.08. The van der Waals surface area contributed by atoms with Gasteiger partial charge in [-0.25, -0.2) is 19.0 Å². The maximum absolute atomic E-state index is 12.9. The number of benzene rings is 1. The molecule has 1 saturated heterocycles. The number of hydrogen-bond donors (Lipinski definition) is 2. The van der Waals surface area contributed by atoms with Gasteiger partial charge in [-0.05, 0) is 37.2 Å². The number of nitrogens with zero attached hydrogens (tertiary/aromatic N) is 4. The van der Waals surface area contributed by atoms with Crippen molar-refractivity contribution in [2.24, 2.45) is 0 Å². The molecule has 1 atom stereocenters. The van der Waals surface area contributed by atoms with E-state index in [1.807, 2.05) is 0 Å². The van der Waals surface area contributed by atoms with Gasteiger partial charge in [0.1, 0.15) is 17.1 Å². The molecule has 4 rings (SSSR count). The SMILES string of the molecule is O=C(COc1ccc(F)cc1)NCCn1nc([C@@H]2CCNC2)c2nccnc21. The second-order valence-corrected chi connectivity index (χ2v) is 6.62. The normalized spacial score (nSPS) is 16.4. The molecule has 0 unspecified atom stereocenters. The smallest absolute Gasteiger partial charge is 0.258 e. The van der Waals surface area contributed by atoms with Gasteiger partial charge >= 0.3 is 0 Å². The van der Waals surface area contributed by atoms with E-state index in [-0.39, 0.29) is 18.3 Å². The van der Waals surface area contributed by atoms with Crippen LogP contribution < -0.4 is 15.4 Å². The van der Waals surface area contributed by atoms with Crippen molar-refractivity contribution >= 4 is 17.1 Å². The van der Waals surface area contributed by atoms with E-state index < -0.39 is 0 Å². The van der Waals surface area contributed by atoms with Crippen LogP contribution in [0.4, 0.5) is 4.39 Å². The molecular formula is C19H21FN6O2. The van der Waals surface area contributed by atoms with Gasteiger partial charge in [-0.3, -0.25) is 4.79 Å². The molecule has 1 aliphatic heterocycles. The Hall–Kier alpha value is -3.07. The van der Waals surface area contributed by atoms with Crippen molar-refractivity contribution < 1.29 is 13.9 Å². The fourth-order valence-electron chi connectivity index (χ4n) is 3.28. The predicted octanol–water partition coefficient (Wildman–Crippen LogP) is 1.24. The van der Waals surface area contributed by atoms with Crippen LogP contribution in [0, 0.1) is 5.82 Å². The Morgan fingerprint density at radius 2 is 2.11 bits per heavy atom. The van der Waals surface area contributed by atoms with Crippen molar-refractivity contribution in [1.29, 1.82) is 0 Å². The molecule has 0 radical (unpaired) electrons. The highest BCUT2D eigenvalue weighted by atomic mass is 19.1. The molecule has 0 saturated carbocycles. The largest absolute Gasteiger partial charge is 0.484 e. The topological polar surface area (TPSA) is 94.0 Å². The Labute approximate surface area is 161 Å². The van der Waals surface area contributed by atoms with Gasteiger partial charge in [0.2, 0.25) is 0 Å². The highest BCUT2D eigenvalue weighted by Gasteiger charge is 2.24. The molecule has 146 valence electrons. The number of amides is 1. The van der Waals surface area contributed by atoms with E-state index in [2.05, 4.69) is 20.6 Å². The molecule has 3 aromatic rings. The molecule has 1 aliphatic rings. The standard InChI is InChI=1S/C19H21FN6O2/c20-14-1-3-15(4-2-14)28-12-16(27)22-9-10-26-19-18(23-7-8-24-19)17(25-26)13-5-6-21-11-13/h1-4,7-8,13,21H,5-6,9-12H2,(H,22,27)/t13-/m1/s1. The quantitative estimate of drug-likeness (QED) is 0.637. The third-order valence-electron chi connectivity index (χ3n) is 4.67. The van der Waals surface area contributed by atoms with E-state index >= 15 is 0 Å². The first-order valence-electron chi connectivity index (χ1n) is 9.24. The number of rotatable bonds is 7. The Kier molecular flexibility index (Phi) is 5.43. The number of ether oxygens (including phenoxy) is 1. The predicted molar refractivity (Wildman–Crippen MR) is 100 cm³/mol. The van der Waals surface area contributed by atoms with Gasteiger partial charge in [-0.1, -0.05) is 0 Å². The summed E-state index contributed by atoms with van der Waals surface area (Å²) in [6.07, 6.45) is 4.35. The van der Waals surface area contributed by atoms with E-state index in [1.165, 1.54) is 24.3 Å². The van der Waals surface area contributed by atoms with Crippen molar-refractivity contribution in [2.45, 2.75) is 18.9 Å². The second-order valence-electron chi connectivity index (χ2n) is 6.62. The fraction of sp³-hybridized carbons (Fsp3) is 0.368. The van der Waals surface area contributed by atoms with Crippen molar-refractivity contribution in [3.63, 3.8) is 0 Å². The summed E-state index contributed by atoms with van der Waals surface area (Å²) in [7, 11) is 0. The van der Waals surface area contributed by atoms with Gasteiger partial charge in [0.15, 0.2) is 12.3 Å². The summed E-state index contributed by atoms with van der Waals surface area (Å²) in [6.45, 7) is 2.60. The van der Waals surface area contributed by atoms with Gasteiger partial charge in [0.25, 0.3) is 5.91 Å². The zero-order valence-corrected chi connectivity index (χ0v) is 15.3. The van der Waals surface area contributed by atoms with Crippen LogP contribution in [0.2, 0.25) is 0 Å². The number of fused-ring (bicyclic) bond motifs is 1. The molecule has 0 spiro atoms. The Morgan fingerprint density at radius 1 is 1.29 bits per heavy atom. The first-order chi connectivity index (χ1) is 13.7. The monoisotopic (exact) mass is 384 g/mol. The number of aromatic nitrogens is 4. The highest BCUT2D eigenvalue weighted by molar-refractivity contribution is 5.77. The number of hydrogen-bond acceptors (Lipinski definition) is 6. The number of nitrogens with one attached hydrogen (secondary N) is 2. The van der Waals surface area contributed by atoms with E-state index in [9.17, 15) is 9.18 Å². The maximum atomic E-state index is 12.9. The number of carbonyl (C=O) groups excluding carboxylic acids is 1. The van der Waals surface area contributed by atoms with Crippen LogP contribution in [-0.4, -0.2) is 51.9 Å². The Bertz CT molecular complexity index is 953. The van der Waals surface area contributed by atoms with Crippen LogP contribution in [0.5, 0.6) is 5.75 Å². The minimum atomic E-state index is -0.348. The lowest BCUT2D eigenvalue weighted by atomic mass is 10.0. The third-order valence-corrected chi connectivity index (χ3v) is 4.67. The average molecular weight is 384 g/mol. The summed E-state index contributed by atoms with van der Waals surface area (Å²) in [5.74, 6) is 0.171. The molecule has 0 bridgehead atoms. The summed E-state index contributed by atoms with van der Waals surface area (Å²) in [6, 6.07) is 5.54. The minimum Gasteiger partial charge on any atom is -0.484 e. The first-order valence-corrected chi connectivity index (χ1v) is 9.24. The molecule has 1 amide bonds. The van der Waals surface area contributed by atoms with Crippen molar-refractivity contribution in [3.8, 4) is 5.75 Å². The summed E-state index contributed by atoms with van der Waals surface area (Å²) < 4.78 is 20.0. The molecule has 1 fully saturated rings. The van der Waals surface area contributed by atoms with E-state index in [0.717, 1.165) is 36.4 Å². The molecule has 2 aromatic heterocycles. The van der Waals surface area contributed by atoms with Crippen molar-refractivity contribution in [3.05, 3.63) is 48.2 Å². The second kappa shape index (κ2) is 8.30. The van der Waals surface area contributed by atoms with Crippen LogP contribution in [0.3, 0.4) is 0 Å². The van der Waals surface area contributed by atoms with Gasteiger partial charge < -0.3 is 15.4 Å². The van der Waals surface area contributed by atoms with Gasteiger partial charge in [-0.2, -0.15) is 5.10 Å². The van der Waals surface area contributed by atoms with Crippen LogP contribution in [0.1, 0.15) is 18.0 Å². The Morgan fingerprint density at radius 3 is 2.89 bits per heavy atom. The molecule has 9 heteroatoms. The molecule has 28 heavy (non-hydrogen) atoms. The fourth-order valence-corrected chi connectivity index (χ4v) is 3.28. The van der Waals surface area contributed by atoms with Crippen LogP contribution >= 0.6 is 0 Å². The van der Waals surface area contributed by atoms with Crippen molar-refractivity contribution in [1.82, 2.24) is 30.4 Å². The summed E-state index contributed by atoms with van der Waals surface area (Å²) in [5.41, 5.74) is 2.50. The van der Waals surface area contributed by atoms with Crippen LogP contribution in [0.25, 0.3) is 11.2 Å². The Balaban J connectivity index is 1.34. The first kappa shape index (κ1) is 18.3. The summed E-state index contributed by atoms with van der Waals surface area (Å²) >= 11 is 0. The molecule has 2 N–H and O–H groups in total. The van der Waals surface area contributed by atoms with Crippen molar-refractivity contribution in [2.75, 3.05) is 26.2 Å². The van der Waals surface area contributed by atoms with Gasteiger partial charge in [0.05, 0.1) is 12.2 Å². The number of carbonyl (C=O) groups is 1. The minimum absolute atomic E-state index is 0.135. The van der Waals surface area contributed by atoms with Gasteiger partial charge in [0, 0.05) is 31.4 Å². The average Bonchev–Trinajstić information content (AvgIpc) is 3.36. The molecule has 8 nitrogen and oxygen atoms in total. The van der Waals surface area contributed by atoms with E-state index in [0.29, 0.717) is 24.8 Å². The number of halogens is 1. The third kappa shape index (κ3) is 4.09. The zero-order chi connectivity index (χ0) is 19.3. The van der Waals surface area contributed by atoms with E-state index in [1.54, 1.807) is 17.1 Å². The van der Waals surface area contributed by atoms with E-state index in [4.69, 9.17) is 9.84 Å². The summed E-state index contributed by atoms with van der Waals surface area (Å²) in [5, 5.41) is 10.8. The lowest BCUT2D eigenvalue weighted by molar-refractivity contribution is -0.123. The maximum Gasteiger partial charge on any atom is 0.258 e.